The Kier molecular flexibility index (Phi) is 5.97. The zero-order valence-corrected chi connectivity index (χ0v) is 17.5. The lowest BCUT2D eigenvalue weighted by Gasteiger charge is -2.43. The van der Waals surface area contributed by atoms with Crippen molar-refractivity contribution in [1.29, 1.82) is 0 Å². The smallest absolute Gasteiger partial charge is 0.325 e. The number of hydrogen-bond donors (Lipinski definition) is 0. The lowest BCUT2D eigenvalue weighted by Crippen LogP contribution is -2.58. The predicted molar refractivity (Wildman–Crippen MR) is 107 cm³/mol. The van der Waals surface area contributed by atoms with Gasteiger partial charge in [0.1, 0.15) is 17.5 Å². The maximum Gasteiger partial charge on any atom is 0.325 e. The molecule has 1 fully saturated rings. The fourth-order valence-electron chi connectivity index (χ4n) is 3.08. The Bertz CT molecular complexity index is 931. The summed E-state index contributed by atoms with van der Waals surface area (Å²) in [6.45, 7) is 3.95. The van der Waals surface area contributed by atoms with E-state index in [2.05, 4.69) is 4.98 Å². The van der Waals surface area contributed by atoms with Crippen LogP contribution in [-0.2, 0) is 19.6 Å². The van der Waals surface area contributed by atoms with Gasteiger partial charge in [-0.3, -0.25) is 9.78 Å². The van der Waals surface area contributed by atoms with E-state index in [1.165, 1.54) is 23.5 Å². The molecule has 1 atom stereocenters. The van der Waals surface area contributed by atoms with Gasteiger partial charge in [0.15, 0.2) is 0 Å². The van der Waals surface area contributed by atoms with E-state index in [-0.39, 0.29) is 11.4 Å². The van der Waals surface area contributed by atoms with Crippen molar-refractivity contribution in [3.05, 3.63) is 48.8 Å². The summed E-state index contributed by atoms with van der Waals surface area (Å²) in [6.07, 6.45) is 3.22. The van der Waals surface area contributed by atoms with Crippen molar-refractivity contribution in [3.8, 4) is 11.5 Å². The van der Waals surface area contributed by atoms with Crippen molar-refractivity contribution in [2.75, 3.05) is 19.4 Å². The Morgan fingerprint density at radius 1 is 1.14 bits per heavy atom. The Morgan fingerprint density at radius 2 is 1.75 bits per heavy atom. The number of rotatable bonds is 5. The molecule has 1 aliphatic rings. The van der Waals surface area contributed by atoms with Crippen molar-refractivity contribution in [2.24, 2.45) is 0 Å². The van der Waals surface area contributed by atoms with E-state index in [0.29, 0.717) is 17.3 Å². The average molecular weight is 423 g/mol. The molecule has 0 aliphatic carbocycles. The molecule has 1 saturated heterocycles. The molecular weight excluding hydrogens is 400 g/mol. The fraction of sp³-hybridized carbons (Fsp3) is 0.368. The highest BCUT2D eigenvalue weighted by Crippen LogP contribution is 2.39. The summed E-state index contributed by atoms with van der Waals surface area (Å²) < 4.78 is 37.7. The standard InChI is InChI=1S/C19H22N2O5S2/c1-19(2)17(18(22)25-3)21(12-13-27-19)28(23,24)16-6-4-14(5-7-16)26-15-8-10-20-11-9-15/h4-11,17H,12-13H2,1-3H3/t17-/m0/s1. The van der Waals surface area contributed by atoms with E-state index < -0.39 is 26.8 Å². The second kappa shape index (κ2) is 8.10. The third-order valence-corrected chi connectivity index (χ3v) is 7.71. The van der Waals surface area contributed by atoms with Crippen LogP contribution in [0, 0.1) is 0 Å². The molecule has 0 saturated carbocycles. The zero-order valence-electron chi connectivity index (χ0n) is 15.9. The Balaban J connectivity index is 1.87. The van der Waals surface area contributed by atoms with Crippen molar-refractivity contribution in [1.82, 2.24) is 9.29 Å². The van der Waals surface area contributed by atoms with Gasteiger partial charge in [0.25, 0.3) is 0 Å². The van der Waals surface area contributed by atoms with Gasteiger partial charge in [-0.15, -0.1) is 0 Å². The minimum atomic E-state index is -3.87. The predicted octanol–water partition coefficient (Wildman–Crippen LogP) is 2.93. The van der Waals surface area contributed by atoms with Crippen LogP contribution >= 0.6 is 11.8 Å². The molecule has 2 heterocycles. The summed E-state index contributed by atoms with van der Waals surface area (Å²) in [5.41, 5.74) is 0. The summed E-state index contributed by atoms with van der Waals surface area (Å²) in [5, 5.41) is 0. The number of aromatic nitrogens is 1. The second-order valence-corrected chi connectivity index (χ2v) is 10.4. The summed E-state index contributed by atoms with van der Waals surface area (Å²) in [5.74, 6) is 1.15. The number of thioether (sulfide) groups is 1. The van der Waals surface area contributed by atoms with Crippen LogP contribution in [0.15, 0.2) is 53.7 Å². The van der Waals surface area contributed by atoms with Crippen LogP contribution in [0.5, 0.6) is 11.5 Å². The Morgan fingerprint density at radius 3 is 2.36 bits per heavy atom. The first-order chi connectivity index (χ1) is 13.3. The minimum absolute atomic E-state index is 0.103. The summed E-state index contributed by atoms with van der Waals surface area (Å²) >= 11 is 1.56. The van der Waals surface area contributed by atoms with Crippen LogP contribution in [0.3, 0.4) is 0 Å². The number of carbonyl (C=O) groups is 1. The van der Waals surface area contributed by atoms with Crippen molar-refractivity contribution >= 4 is 27.8 Å². The molecule has 0 spiro atoms. The van der Waals surface area contributed by atoms with E-state index in [1.807, 2.05) is 13.8 Å². The number of sulfonamides is 1. The molecular formula is C19H22N2O5S2. The monoisotopic (exact) mass is 422 g/mol. The van der Waals surface area contributed by atoms with E-state index in [0.717, 1.165) is 0 Å². The molecule has 0 radical (unpaired) electrons. The third kappa shape index (κ3) is 4.16. The number of pyridine rings is 1. The molecule has 28 heavy (non-hydrogen) atoms. The molecule has 2 aromatic rings. The molecule has 1 aliphatic heterocycles. The molecule has 9 heteroatoms. The molecule has 1 aromatic carbocycles. The Labute approximate surface area is 169 Å². The second-order valence-electron chi connectivity index (χ2n) is 6.75. The maximum absolute atomic E-state index is 13.2. The first-order valence-electron chi connectivity index (χ1n) is 8.67. The van der Waals surface area contributed by atoms with E-state index in [4.69, 9.17) is 9.47 Å². The van der Waals surface area contributed by atoms with Gasteiger partial charge in [-0.25, -0.2) is 8.42 Å². The molecule has 0 amide bonds. The van der Waals surface area contributed by atoms with E-state index in [1.54, 1.807) is 48.4 Å². The summed E-state index contributed by atoms with van der Waals surface area (Å²) in [7, 11) is -2.60. The highest BCUT2D eigenvalue weighted by atomic mass is 32.2. The van der Waals surface area contributed by atoms with Gasteiger partial charge in [0.05, 0.1) is 12.0 Å². The first kappa shape index (κ1) is 20.6. The van der Waals surface area contributed by atoms with E-state index in [9.17, 15) is 13.2 Å². The van der Waals surface area contributed by atoms with Crippen LogP contribution in [0.25, 0.3) is 0 Å². The SMILES string of the molecule is COC(=O)[C@@H]1N(S(=O)(=O)c2ccc(Oc3ccncc3)cc2)CCSC1(C)C. The molecule has 0 N–H and O–H groups in total. The molecule has 3 rings (SSSR count). The molecule has 150 valence electrons. The number of esters is 1. The third-order valence-electron chi connectivity index (χ3n) is 4.47. The molecule has 0 bridgehead atoms. The lowest BCUT2D eigenvalue weighted by atomic mass is 10.0. The lowest BCUT2D eigenvalue weighted by molar-refractivity contribution is -0.146. The number of nitrogens with zero attached hydrogens (tertiary/aromatic N) is 2. The van der Waals surface area contributed by atoms with Crippen LogP contribution < -0.4 is 4.74 Å². The zero-order chi connectivity index (χ0) is 20.4. The maximum atomic E-state index is 13.2. The van der Waals surface area contributed by atoms with Gasteiger partial charge in [0, 0.05) is 29.4 Å². The van der Waals surface area contributed by atoms with Gasteiger partial charge >= 0.3 is 5.97 Å². The molecule has 1 aromatic heterocycles. The van der Waals surface area contributed by atoms with Crippen LogP contribution in [0.1, 0.15) is 13.8 Å². The van der Waals surface area contributed by atoms with Crippen LogP contribution in [-0.4, -0.2) is 53.9 Å². The normalized spacial score (nSPS) is 19.8. The fourth-order valence-corrected chi connectivity index (χ4v) is 6.17. The summed E-state index contributed by atoms with van der Waals surface area (Å²) in [6, 6.07) is 8.66. The first-order valence-corrected chi connectivity index (χ1v) is 11.1. The highest BCUT2D eigenvalue weighted by molar-refractivity contribution is 8.00. The van der Waals surface area contributed by atoms with Crippen LogP contribution in [0.2, 0.25) is 0 Å². The number of carbonyl (C=O) groups excluding carboxylic acids is 1. The van der Waals surface area contributed by atoms with Gasteiger partial charge in [-0.2, -0.15) is 16.1 Å². The quantitative estimate of drug-likeness (QED) is 0.685. The Hall–Kier alpha value is -2.10. The van der Waals surface area contributed by atoms with Crippen molar-refractivity contribution in [2.45, 2.75) is 29.5 Å². The highest BCUT2D eigenvalue weighted by Gasteiger charge is 2.48. The van der Waals surface area contributed by atoms with Crippen LogP contribution in [0.4, 0.5) is 0 Å². The average Bonchev–Trinajstić information content (AvgIpc) is 2.68. The molecule has 7 nitrogen and oxygen atoms in total. The van der Waals surface area contributed by atoms with Gasteiger partial charge in [-0.1, -0.05) is 0 Å². The minimum Gasteiger partial charge on any atom is -0.468 e. The number of benzene rings is 1. The molecule has 0 unspecified atom stereocenters. The number of methoxy groups -OCH3 is 1. The van der Waals surface area contributed by atoms with Crippen molar-refractivity contribution in [3.63, 3.8) is 0 Å². The van der Waals surface area contributed by atoms with Gasteiger partial charge in [0.2, 0.25) is 10.0 Å². The number of ether oxygens (including phenoxy) is 2. The summed E-state index contributed by atoms with van der Waals surface area (Å²) in [4.78, 5) is 16.4. The van der Waals surface area contributed by atoms with Crippen molar-refractivity contribution < 1.29 is 22.7 Å². The van der Waals surface area contributed by atoms with Gasteiger partial charge < -0.3 is 9.47 Å². The largest absolute Gasteiger partial charge is 0.468 e. The van der Waals surface area contributed by atoms with E-state index >= 15 is 0 Å². The number of hydrogen-bond acceptors (Lipinski definition) is 7. The van der Waals surface area contributed by atoms with Gasteiger partial charge in [-0.05, 0) is 50.2 Å². The topological polar surface area (TPSA) is 85.8 Å².